The number of carbonyl (C=O) groups is 2. The van der Waals surface area contributed by atoms with Crippen LogP contribution in [-0.2, 0) is 22.6 Å². The molecule has 0 bridgehead atoms. The third-order valence-corrected chi connectivity index (χ3v) is 3.75. The Labute approximate surface area is 123 Å². The molecule has 0 saturated heterocycles. The first-order chi connectivity index (χ1) is 10.0. The van der Waals surface area contributed by atoms with Gasteiger partial charge in [0.2, 0.25) is 5.91 Å². The van der Waals surface area contributed by atoms with Crippen molar-refractivity contribution < 1.29 is 14.8 Å². The Morgan fingerprint density at radius 2 is 1.95 bits per heavy atom. The molecule has 0 spiro atoms. The Morgan fingerprint density at radius 1 is 1.29 bits per heavy atom. The average Bonchev–Trinajstić information content (AvgIpc) is 2.50. The SMILES string of the molecule is CC(C)[C@H](NC(=O)[C@@H]1Cc2ccccc2CN1)C(=O)NO. The lowest BCUT2D eigenvalue weighted by Crippen LogP contribution is -2.55. The van der Waals surface area contributed by atoms with Crippen LogP contribution < -0.4 is 16.1 Å². The molecule has 21 heavy (non-hydrogen) atoms. The Kier molecular flexibility index (Phi) is 4.93. The number of carbonyl (C=O) groups excluding carboxylic acids is 2. The highest BCUT2D eigenvalue weighted by Crippen LogP contribution is 2.16. The summed E-state index contributed by atoms with van der Waals surface area (Å²) < 4.78 is 0. The van der Waals surface area contributed by atoms with Crippen molar-refractivity contribution in [2.45, 2.75) is 38.9 Å². The minimum Gasteiger partial charge on any atom is -0.343 e. The molecular formula is C15H21N3O3. The highest BCUT2D eigenvalue weighted by atomic mass is 16.5. The van der Waals surface area contributed by atoms with E-state index in [0.29, 0.717) is 13.0 Å². The normalized spacial score (nSPS) is 18.8. The highest BCUT2D eigenvalue weighted by Gasteiger charge is 2.29. The summed E-state index contributed by atoms with van der Waals surface area (Å²) >= 11 is 0. The van der Waals surface area contributed by atoms with Crippen LogP contribution >= 0.6 is 0 Å². The van der Waals surface area contributed by atoms with E-state index >= 15 is 0 Å². The molecular weight excluding hydrogens is 270 g/mol. The molecule has 1 aliphatic heterocycles. The zero-order valence-corrected chi connectivity index (χ0v) is 12.2. The minimum atomic E-state index is -0.749. The quantitative estimate of drug-likeness (QED) is 0.476. The first-order valence-electron chi connectivity index (χ1n) is 7.07. The Morgan fingerprint density at radius 3 is 2.57 bits per heavy atom. The molecule has 2 atom stereocenters. The van der Waals surface area contributed by atoms with Crippen molar-refractivity contribution in [1.29, 1.82) is 0 Å². The van der Waals surface area contributed by atoms with Gasteiger partial charge in [-0.25, -0.2) is 5.48 Å². The molecule has 0 unspecified atom stereocenters. The van der Waals surface area contributed by atoms with Crippen LogP contribution in [0.3, 0.4) is 0 Å². The van der Waals surface area contributed by atoms with E-state index in [0.717, 1.165) is 5.56 Å². The molecule has 6 nitrogen and oxygen atoms in total. The van der Waals surface area contributed by atoms with Crippen molar-refractivity contribution >= 4 is 11.8 Å². The zero-order chi connectivity index (χ0) is 15.4. The fourth-order valence-corrected chi connectivity index (χ4v) is 2.50. The Hall–Kier alpha value is -1.92. The van der Waals surface area contributed by atoms with Crippen molar-refractivity contribution in [3.05, 3.63) is 35.4 Å². The van der Waals surface area contributed by atoms with Gasteiger partial charge in [0.15, 0.2) is 0 Å². The second kappa shape index (κ2) is 6.69. The number of hydrogen-bond donors (Lipinski definition) is 4. The number of nitrogens with one attached hydrogen (secondary N) is 3. The van der Waals surface area contributed by atoms with E-state index in [1.54, 1.807) is 5.48 Å². The van der Waals surface area contributed by atoms with Crippen LogP contribution in [0.25, 0.3) is 0 Å². The van der Waals surface area contributed by atoms with Gasteiger partial charge in [-0.05, 0) is 23.5 Å². The van der Waals surface area contributed by atoms with Gasteiger partial charge < -0.3 is 10.6 Å². The van der Waals surface area contributed by atoms with Crippen LogP contribution in [0.15, 0.2) is 24.3 Å². The van der Waals surface area contributed by atoms with Crippen molar-refractivity contribution in [3.63, 3.8) is 0 Å². The monoisotopic (exact) mass is 291 g/mol. The third-order valence-electron chi connectivity index (χ3n) is 3.75. The topological polar surface area (TPSA) is 90.5 Å². The van der Waals surface area contributed by atoms with Crippen molar-refractivity contribution in [1.82, 2.24) is 16.1 Å². The smallest absolute Gasteiger partial charge is 0.266 e. The van der Waals surface area contributed by atoms with Gasteiger partial charge in [-0.1, -0.05) is 38.1 Å². The van der Waals surface area contributed by atoms with E-state index in [4.69, 9.17) is 5.21 Å². The molecule has 1 aromatic rings. The van der Waals surface area contributed by atoms with Gasteiger partial charge in [-0.3, -0.25) is 14.8 Å². The van der Waals surface area contributed by atoms with Crippen molar-refractivity contribution in [2.24, 2.45) is 5.92 Å². The maximum absolute atomic E-state index is 12.3. The maximum Gasteiger partial charge on any atom is 0.266 e. The fourth-order valence-electron chi connectivity index (χ4n) is 2.50. The van der Waals surface area contributed by atoms with E-state index in [1.807, 2.05) is 38.1 Å². The molecule has 0 fully saturated rings. The second-order valence-electron chi connectivity index (χ2n) is 5.61. The van der Waals surface area contributed by atoms with E-state index in [-0.39, 0.29) is 17.9 Å². The van der Waals surface area contributed by atoms with Gasteiger partial charge in [-0.15, -0.1) is 0 Å². The standard InChI is InChI=1S/C15H21N3O3/c1-9(2)13(15(20)18-21)17-14(19)12-7-10-5-3-4-6-11(10)8-16-12/h3-6,9,12-13,16,21H,7-8H2,1-2H3,(H,17,19)(H,18,20)/t12-,13-/m0/s1. The molecule has 6 heteroatoms. The predicted octanol–water partition coefficient (Wildman–Crippen LogP) is 0.347. The molecule has 2 rings (SSSR count). The first kappa shape index (κ1) is 15.5. The molecule has 1 aromatic carbocycles. The van der Waals surface area contributed by atoms with Crippen LogP contribution in [0, 0.1) is 5.92 Å². The van der Waals surface area contributed by atoms with Gasteiger partial charge in [0.25, 0.3) is 5.91 Å². The number of hydroxylamine groups is 1. The second-order valence-corrected chi connectivity index (χ2v) is 5.61. The third kappa shape index (κ3) is 3.59. The molecule has 1 heterocycles. The van der Waals surface area contributed by atoms with Crippen LogP contribution in [0.2, 0.25) is 0 Å². The van der Waals surface area contributed by atoms with Crippen LogP contribution in [0.4, 0.5) is 0 Å². The number of fused-ring (bicyclic) bond motifs is 1. The summed E-state index contributed by atoms with van der Waals surface area (Å²) in [4.78, 5) is 23.9. The molecule has 0 saturated carbocycles. The molecule has 2 amide bonds. The molecule has 0 aliphatic carbocycles. The lowest BCUT2D eigenvalue weighted by atomic mass is 9.95. The maximum atomic E-state index is 12.3. The highest BCUT2D eigenvalue weighted by molar-refractivity contribution is 5.89. The van der Waals surface area contributed by atoms with Gasteiger partial charge in [0.05, 0.1) is 6.04 Å². The Bertz CT molecular complexity index is 531. The van der Waals surface area contributed by atoms with Gasteiger partial charge in [0.1, 0.15) is 6.04 Å². The molecule has 0 radical (unpaired) electrons. The largest absolute Gasteiger partial charge is 0.343 e. The van der Waals surface area contributed by atoms with E-state index in [2.05, 4.69) is 10.6 Å². The summed E-state index contributed by atoms with van der Waals surface area (Å²) in [6.07, 6.45) is 0.591. The van der Waals surface area contributed by atoms with Crippen LogP contribution in [0.1, 0.15) is 25.0 Å². The summed E-state index contributed by atoms with van der Waals surface area (Å²) in [5.41, 5.74) is 3.93. The fraction of sp³-hybridized carbons (Fsp3) is 0.467. The number of hydrogen-bond acceptors (Lipinski definition) is 4. The van der Waals surface area contributed by atoms with Gasteiger partial charge in [-0.2, -0.15) is 0 Å². The summed E-state index contributed by atoms with van der Waals surface area (Å²) in [6.45, 7) is 4.25. The van der Waals surface area contributed by atoms with E-state index in [9.17, 15) is 9.59 Å². The summed E-state index contributed by atoms with van der Waals surface area (Å²) in [7, 11) is 0. The molecule has 4 N–H and O–H groups in total. The molecule has 114 valence electrons. The average molecular weight is 291 g/mol. The van der Waals surface area contributed by atoms with E-state index < -0.39 is 11.9 Å². The number of benzene rings is 1. The lowest BCUT2D eigenvalue weighted by molar-refractivity contribution is -0.136. The van der Waals surface area contributed by atoms with Crippen molar-refractivity contribution in [3.8, 4) is 0 Å². The van der Waals surface area contributed by atoms with Crippen LogP contribution in [0.5, 0.6) is 0 Å². The van der Waals surface area contributed by atoms with Crippen molar-refractivity contribution in [2.75, 3.05) is 0 Å². The minimum absolute atomic E-state index is 0.114. The predicted molar refractivity (Wildman–Crippen MR) is 77.5 cm³/mol. The summed E-state index contributed by atoms with van der Waals surface area (Å²) in [5, 5.41) is 14.6. The van der Waals surface area contributed by atoms with E-state index in [1.165, 1.54) is 5.56 Å². The van der Waals surface area contributed by atoms with Gasteiger partial charge in [0, 0.05) is 6.54 Å². The lowest BCUT2D eigenvalue weighted by Gasteiger charge is -2.28. The number of rotatable bonds is 4. The van der Waals surface area contributed by atoms with Crippen LogP contribution in [-0.4, -0.2) is 29.1 Å². The van der Waals surface area contributed by atoms with Gasteiger partial charge >= 0.3 is 0 Å². The Balaban J connectivity index is 2.03. The zero-order valence-electron chi connectivity index (χ0n) is 12.2. The summed E-state index contributed by atoms with van der Waals surface area (Å²) in [6, 6.07) is 6.86. The number of amides is 2. The molecule has 0 aromatic heterocycles. The molecule has 1 aliphatic rings. The first-order valence-corrected chi connectivity index (χ1v) is 7.07. The summed E-state index contributed by atoms with van der Waals surface area (Å²) in [5.74, 6) is -0.946.